The maximum Gasteiger partial charge on any atom is 0.162 e. The van der Waals surface area contributed by atoms with Gasteiger partial charge < -0.3 is 16.0 Å². The SMILES string of the molecule is C[C@@H]1CNC[C@H](C)N1c1ccc(-c2cnc3c(-c4ccc(CN)c5ccccc45)cnn3c2)cc1. The summed E-state index contributed by atoms with van der Waals surface area (Å²) in [5.41, 5.74) is 13.6. The van der Waals surface area contributed by atoms with E-state index in [1.165, 1.54) is 16.5 Å². The van der Waals surface area contributed by atoms with E-state index in [0.717, 1.165) is 46.6 Å². The number of hydrogen-bond acceptors (Lipinski definition) is 5. The van der Waals surface area contributed by atoms with Gasteiger partial charge in [-0.3, -0.25) is 0 Å². The van der Waals surface area contributed by atoms with Gasteiger partial charge in [0.2, 0.25) is 0 Å². The third kappa shape index (κ3) is 3.75. The van der Waals surface area contributed by atoms with Gasteiger partial charge in [-0.25, -0.2) is 9.50 Å². The number of rotatable bonds is 4. The van der Waals surface area contributed by atoms with Crippen LogP contribution in [0, 0.1) is 0 Å². The smallest absolute Gasteiger partial charge is 0.162 e. The second kappa shape index (κ2) is 8.80. The number of fused-ring (bicyclic) bond motifs is 2. The van der Waals surface area contributed by atoms with Crippen LogP contribution in [0.3, 0.4) is 0 Å². The lowest BCUT2D eigenvalue weighted by Crippen LogP contribution is -2.55. The van der Waals surface area contributed by atoms with Crippen LogP contribution in [0.2, 0.25) is 0 Å². The van der Waals surface area contributed by atoms with Crippen LogP contribution in [-0.4, -0.2) is 39.8 Å². The first-order valence-corrected chi connectivity index (χ1v) is 12.3. The zero-order chi connectivity index (χ0) is 23.9. The van der Waals surface area contributed by atoms with Crippen LogP contribution in [0.15, 0.2) is 79.3 Å². The van der Waals surface area contributed by atoms with Crippen molar-refractivity contribution in [2.75, 3.05) is 18.0 Å². The van der Waals surface area contributed by atoms with Crippen LogP contribution in [-0.2, 0) is 6.54 Å². The Morgan fingerprint density at radius 3 is 2.34 bits per heavy atom. The first-order valence-electron chi connectivity index (χ1n) is 12.3. The first kappa shape index (κ1) is 21.8. The zero-order valence-electron chi connectivity index (χ0n) is 20.1. The Morgan fingerprint density at radius 2 is 1.60 bits per heavy atom. The molecular formula is C29H30N6. The molecule has 0 spiro atoms. The quantitative estimate of drug-likeness (QED) is 0.399. The van der Waals surface area contributed by atoms with Crippen molar-refractivity contribution in [3.05, 3.63) is 84.8 Å². The molecule has 0 bridgehead atoms. The highest BCUT2D eigenvalue weighted by atomic mass is 15.2. The Kier molecular flexibility index (Phi) is 5.47. The average molecular weight is 463 g/mol. The summed E-state index contributed by atoms with van der Waals surface area (Å²) < 4.78 is 1.88. The molecule has 1 aliphatic heterocycles. The molecule has 0 aliphatic carbocycles. The summed E-state index contributed by atoms with van der Waals surface area (Å²) in [6.45, 7) is 7.09. The largest absolute Gasteiger partial charge is 0.364 e. The topological polar surface area (TPSA) is 71.5 Å². The van der Waals surface area contributed by atoms with E-state index >= 15 is 0 Å². The molecule has 0 radical (unpaired) electrons. The van der Waals surface area contributed by atoms with E-state index < -0.39 is 0 Å². The normalized spacial score (nSPS) is 18.4. The number of nitrogens with zero attached hydrogens (tertiary/aromatic N) is 4. The van der Waals surface area contributed by atoms with Crippen molar-refractivity contribution in [1.82, 2.24) is 19.9 Å². The fraction of sp³-hybridized carbons (Fsp3) is 0.241. The molecule has 176 valence electrons. The zero-order valence-corrected chi connectivity index (χ0v) is 20.1. The predicted molar refractivity (Wildman–Crippen MR) is 144 cm³/mol. The highest BCUT2D eigenvalue weighted by molar-refractivity contribution is 6.01. The molecule has 3 heterocycles. The summed E-state index contributed by atoms with van der Waals surface area (Å²) in [5, 5.41) is 10.5. The van der Waals surface area contributed by atoms with Crippen LogP contribution >= 0.6 is 0 Å². The number of hydrogen-bond donors (Lipinski definition) is 2. The van der Waals surface area contributed by atoms with E-state index in [0.29, 0.717) is 18.6 Å². The molecule has 1 saturated heterocycles. The molecule has 6 heteroatoms. The Bertz CT molecular complexity index is 1490. The Morgan fingerprint density at radius 1 is 0.857 bits per heavy atom. The number of nitrogens with one attached hydrogen (secondary N) is 1. The van der Waals surface area contributed by atoms with Crippen molar-refractivity contribution in [2.24, 2.45) is 5.73 Å². The summed E-state index contributed by atoms with van der Waals surface area (Å²) in [6.07, 6.45) is 5.92. The molecule has 6 rings (SSSR count). The molecule has 3 aromatic carbocycles. The molecular weight excluding hydrogens is 432 g/mol. The Labute approximate surface area is 205 Å². The Hall–Kier alpha value is -3.74. The van der Waals surface area contributed by atoms with Crippen LogP contribution in [0.25, 0.3) is 38.7 Å². The van der Waals surface area contributed by atoms with Gasteiger partial charge in [0.05, 0.1) is 6.20 Å². The van der Waals surface area contributed by atoms with Gasteiger partial charge in [0.25, 0.3) is 0 Å². The predicted octanol–water partition coefficient (Wildman–Crippen LogP) is 4.86. The van der Waals surface area contributed by atoms with Gasteiger partial charge in [0, 0.05) is 60.9 Å². The minimum Gasteiger partial charge on any atom is -0.364 e. The van der Waals surface area contributed by atoms with Crippen LogP contribution in [0.1, 0.15) is 19.4 Å². The third-order valence-electron chi connectivity index (χ3n) is 7.21. The summed E-state index contributed by atoms with van der Waals surface area (Å²) in [5.74, 6) is 0. The molecule has 2 atom stereocenters. The van der Waals surface area contributed by atoms with E-state index in [9.17, 15) is 0 Å². The van der Waals surface area contributed by atoms with E-state index in [1.807, 2.05) is 16.9 Å². The molecule has 35 heavy (non-hydrogen) atoms. The number of anilines is 1. The first-order chi connectivity index (χ1) is 17.1. The number of nitrogens with two attached hydrogens (primary N) is 1. The van der Waals surface area contributed by atoms with E-state index in [-0.39, 0.29) is 0 Å². The summed E-state index contributed by atoms with van der Waals surface area (Å²) in [6, 6.07) is 22.4. The van der Waals surface area contributed by atoms with Crippen molar-refractivity contribution in [3.8, 4) is 22.3 Å². The lowest BCUT2D eigenvalue weighted by Gasteiger charge is -2.41. The molecule has 0 unspecified atom stereocenters. The maximum atomic E-state index is 5.98. The minimum atomic E-state index is 0.472. The van der Waals surface area contributed by atoms with Crippen molar-refractivity contribution < 1.29 is 0 Å². The molecule has 0 amide bonds. The van der Waals surface area contributed by atoms with E-state index in [4.69, 9.17) is 10.7 Å². The number of benzene rings is 3. The van der Waals surface area contributed by atoms with Crippen LogP contribution in [0.4, 0.5) is 5.69 Å². The van der Waals surface area contributed by atoms with Crippen molar-refractivity contribution >= 4 is 22.1 Å². The lowest BCUT2D eigenvalue weighted by molar-refractivity contribution is 0.432. The molecule has 0 saturated carbocycles. The molecule has 2 aromatic heterocycles. The molecule has 3 N–H and O–H groups in total. The van der Waals surface area contributed by atoms with Crippen LogP contribution < -0.4 is 16.0 Å². The summed E-state index contributed by atoms with van der Waals surface area (Å²) in [4.78, 5) is 7.34. The van der Waals surface area contributed by atoms with Crippen LogP contribution in [0.5, 0.6) is 0 Å². The lowest BCUT2D eigenvalue weighted by atomic mass is 9.96. The molecule has 5 aromatic rings. The highest BCUT2D eigenvalue weighted by Gasteiger charge is 2.24. The van der Waals surface area contributed by atoms with Crippen molar-refractivity contribution in [1.29, 1.82) is 0 Å². The number of piperazine rings is 1. The van der Waals surface area contributed by atoms with Crippen molar-refractivity contribution in [2.45, 2.75) is 32.5 Å². The minimum absolute atomic E-state index is 0.472. The summed E-state index contributed by atoms with van der Waals surface area (Å²) in [7, 11) is 0. The maximum absolute atomic E-state index is 5.98. The number of aromatic nitrogens is 3. The standard InChI is InChI=1S/C29H30N6/c1-19-14-31-15-20(2)35(19)24-10-7-21(8-11-24)23-16-32-29-28(17-33-34(29)18-23)27-12-9-22(13-30)25-5-3-4-6-26(25)27/h3-12,16-20,31H,13-15,30H2,1-2H3/t19-,20+. The van der Waals surface area contributed by atoms with Gasteiger partial charge >= 0.3 is 0 Å². The van der Waals surface area contributed by atoms with E-state index in [2.05, 4.69) is 96.0 Å². The summed E-state index contributed by atoms with van der Waals surface area (Å²) >= 11 is 0. The highest BCUT2D eigenvalue weighted by Crippen LogP contribution is 2.33. The van der Waals surface area contributed by atoms with Gasteiger partial charge in [-0.05, 0) is 53.4 Å². The Balaban J connectivity index is 1.35. The van der Waals surface area contributed by atoms with Gasteiger partial charge in [-0.1, -0.05) is 48.5 Å². The second-order valence-electron chi connectivity index (χ2n) is 9.50. The molecule has 1 fully saturated rings. The van der Waals surface area contributed by atoms with Crippen molar-refractivity contribution in [3.63, 3.8) is 0 Å². The molecule has 1 aliphatic rings. The monoisotopic (exact) mass is 462 g/mol. The van der Waals surface area contributed by atoms with Gasteiger partial charge in [0.1, 0.15) is 0 Å². The van der Waals surface area contributed by atoms with Gasteiger partial charge in [-0.15, -0.1) is 0 Å². The fourth-order valence-electron chi connectivity index (χ4n) is 5.46. The van der Waals surface area contributed by atoms with Gasteiger partial charge in [0.15, 0.2) is 5.65 Å². The van der Waals surface area contributed by atoms with Gasteiger partial charge in [-0.2, -0.15) is 5.10 Å². The second-order valence-corrected chi connectivity index (χ2v) is 9.50. The third-order valence-corrected chi connectivity index (χ3v) is 7.21. The van der Waals surface area contributed by atoms with E-state index in [1.54, 1.807) is 0 Å². The fourth-order valence-corrected chi connectivity index (χ4v) is 5.46. The average Bonchev–Trinajstić information content (AvgIpc) is 3.31. The molecule has 6 nitrogen and oxygen atoms in total.